The van der Waals surface area contributed by atoms with E-state index in [1.54, 1.807) is 0 Å². The molecule has 0 radical (unpaired) electrons. The second-order valence-corrected chi connectivity index (χ2v) is 10.5. The lowest BCUT2D eigenvalue weighted by molar-refractivity contribution is -0.163. The van der Waals surface area contributed by atoms with Gasteiger partial charge in [-0.25, -0.2) is 13.2 Å². The molecule has 0 saturated carbocycles. The average molecular weight is 390 g/mol. The number of hydrogen-bond donors (Lipinski definition) is 3. The van der Waals surface area contributed by atoms with Crippen molar-refractivity contribution in [2.45, 2.75) is 36.5 Å². The number of amides is 1. The number of thioether (sulfide) groups is 1. The van der Waals surface area contributed by atoms with Crippen LogP contribution in [0.25, 0.3) is 0 Å². The normalized spacial score (nSPS) is 36.4. The van der Waals surface area contributed by atoms with Gasteiger partial charge in [-0.3, -0.25) is 4.79 Å². The number of β-lactam (4-membered cyclic amide) rings is 1. The molecule has 0 aromatic rings. The fourth-order valence-corrected chi connectivity index (χ4v) is 7.28. The molecular formula is C15H22N2O6S2. The highest BCUT2D eigenvalue weighted by Crippen LogP contribution is 2.51. The van der Waals surface area contributed by atoms with E-state index in [4.69, 9.17) is 0 Å². The molecule has 3 N–H and O–H groups in total. The lowest BCUT2D eigenvalue weighted by Crippen LogP contribution is -2.63. The molecule has 0 aromatic carbocycles. The first-order chi connectivity index (χ1) is 11.6. The average Bonchev–Trinajstić information content (AvgIpc) is 3.02. The molecule has 3 aliphatic heterocycles. The Balaban J connectivity index is 1.92. The van der Waals surface area contributed by atoms with Crippen LogP contribution in [0.2, 0.25) is 0 Å². The Morgan fingerprint density at radius 3 is 2.56 bits per heavy atom. The van der Waals surface area contributed by atoms with Gasteiger partial charge in [0.1, 0.15) is 5.70 Å². The predicted molar refractivity (Wildman–Crippen MR) is 92.5 cm³/mol. The van der Waals surface area contributed by atoms with Crippen molar-refractivity contribution in [1.29, 1.82) is 0 Å². The van der Waals surface area contributed by atoms with E-state index in [2.05, 4.69) is 5.32 Å². The number of rotatable bonds is 5. The van der Waals surface area contributed by atoms with E-state index in [9.17, 15) is 28.2 Å². The first kappa shape index (κ1) is 18.7. The van der Waals surface area contributed by atoms with Crippen LogP contribution in [0.4, 0.5) is 0 Å². The summed E-state index contributed by atoms with van der Waals surface area (Å²) >= 11 is 1.24. The highest BCUT2D eigenvalue weighted by molar-refractivity contribution is 8.04. The number of aliphatic hydroxyl groups is 1. The van der Waals surface area contributed by atoms with Crippen LogP contribution in [0.3, 0.4) is 0 Å². The number of carbonyl (C=O) groups excluding carboxylic acids is 1. The molecule has 25 heavy (non-hydrogen) atoms. The van der Waals surface area contributed by atoms with Gasteiger partial charge in [0.05, 0.1) is 23.3 Å². The highest BCUT2D eigenvalue weighted by atomic mass is 32.2. The molecule has 5 unspecified atom stereocenters. The maximum Gasteiger partial charge on any atom is 0.353 e. The van der Waals surface area contributed by atoms with E-state index in [1.807, 2.05) is 6.92 Å². The van der Waals surface area contributed by atoms with E-state index in [0.717, 1.165) is 0 Å². The quantitative estimate of drug-likeness (QED) is 0.524. The number of nitrogens with zero attached hydrogens (tertiary/aromatic N) is 1. The van der Waals surface area contributed by atoms with Crippen LogP contribution >= 0.6 is 11.8 Å². The summed E-state index contributed by atoms with van der Waals surface area (Å²) in [5.74, 6) is -2.45. The number of aliphatic carboxylic acids is 1. The van der Waals surface area contributed by atoms with Crippen LogP contribution in [0, 0.1) is 11.8 Å². The van der Waals surface area contributed by atoms with Gasteiger partial charge in [0.25, 0.3) is 0 Å². The number of carboxylic acid groups (broad SMARTS) is 1. The van der Waals surface area contributed by atoms with Crippen molar-refractivity contribution in [2.75, 3.05) is 19.3 Å². The monoisotopic (exact) mass is 390 g/mol. The van der Waals surface area contributed by atoms with Crippen molar-refractivity contribution < 1.29 is 28.2 Å². The smallest absolute Gasteiger partial charge is 0.353 e. The topological polar surface area (TPSA) is 124 Å². The van der Waals surface area contributed by atoms with Crippen LogP contribution in [0.1, 0.15) is 13.8 Å². The second kappa shape index (κ2) is 6.26. The zero-order valence-corrected chi connectivity index (χ0v) is 15.8. The Hall–Kier alpha value is -1.10. The Morgan fingerprint density at radius 1 is 1.40 bits per heavy atom. The summed E-state index contributed by atoms with van der Waals surface area (Å²) in [6.45, 7) is 4.15. The minimum absolute atomic E-state index is 0.0662. The molecule has 6 atom stereocenters. The van der Waals surface area contributed by atoms with Gasteiger partial charge in [0, 0.05) is 35.4 Å². The summed E-state index contributed by atoms with van der Waals surface area (Å²) in [6, 6.07) is -0.382. The summed E-state index contributed by atoms with van der Waals surface area (Å²) in [4.78, 5) is 25.8. The standard InChI is InChI=1S/C15H22N2O6S2/c1-6-11-10(7(2)18)14(19)17(11)12(15(20)21)13(6)24-8-4-16-5-9(8)25(3,22)23/h6-11,16,18H,4-5H2,1-3H3,(H,20,21)/t6?,7?,8?,9?,10?,11-/m1/s1. The van der Waals surface area contributed by atoms with Crippen molar-refractivity contribution >= 4 is 33.5 Å². The number of aliphatic hydroxyl groups excluding tert-OH is 1. The Labute approximate surface area is 150 Å². The summed E-state index contributed by atoms with van der Waals surface area (Å²) < 4.78 is 23.9. The van der Waals surface area contributed by atoms with E-state index >= 15 is 0 Å². The third-order valence-electron chi connectivity index (χ3n) is 5.25. The molecule has 2 fully saturated rings. The van der Waals surface area contributed by atoms with Crippen LogP contribution < -0.4 is 5.32 Å². The largest absolute Gasteiger partial charge is 0.477 e. The predicted octanol–water partition coefficient (Wildman–Crippen LogP) is -0.742. The molecule has 0 aliphatic carbocycles. The molecule has 8 nitrogen and oxygen atoms in total. The van der Waals surface area contributed by atoms with Crippen molar-refractivity contribution in [3.63, 3.8) is 0 Å². The molecule has 3 heterocycles. The van der Waals surface area contributed by atoms with Crippen molar-refractivity contribution in [2.24, 2.45) is 11.8 Å². The van der Waals surface area contributed by atoms with E-state index in [0.29, 0.717) is 18.0 Å². The summed E-state index contributed by atoms with van der Waals surface area (Å²) in [7, 11) is -3.27. The van der Waals surface area contributed by atoms with Crippen LogP contribution in [0.5, 0.6) is 0 Å². The number of fused-ring (bicyclic) bond motifs is 1. The minimum Gasteiger partial charge on any atom is -0.477 e. The summed E-state index contributed by atoms with van der Waals surface area (Å²) in [5, 5.41) is 21.6. The second-order valence-electron chi connectivity index (χ2n) is 6.95. The van der Waals surface area contributed by atoms with Gasteiger partial charge < -0.3 is 20.4 Å². The highest BCUT2D eigenvalue weighted by Gasteiger charge is 2.60. The van der Waals surface area contributed by atoms with Crippen LogP contribution in [-0.2, 0) is 19.4 Å². The third-order valence-corrected chi connectivity index (χ3v) is 8.63. The van der Waals surface area contributed by atoms with Crippen molar-refractivity contribution in [3.05, 3.63) is 10.6 Å². The third kappa shape index (κ3) is 2.88. The van der Waals surface area contributed by atoms with Gasteiger partial charge in [0.15, 0.2) is 9.84 Å². The van der Waals surface area contributed by atoms with Gasteiger partial charge in [0.2, 0.25) is 5.91 Å². The van der Waals surface area contributed by atoms with Gasteiger partial charge in [-0.2, -0.15) is 0 Å². The summed E-state index contributed by atoms with van der Waals surface area (Å²) in [6.07, 6.45) is 0.329. The lowest BCUT2D eigenvalue weighted by Gasteiger charge is -2.46. The molecule has 0 bridgehead atoms. The molecule has 1 amide bonds. The fourth-order valence-electron chi connectivity index (χ4n) is 4.02. The zero-order valence-electron chi connectivity index (χ0n) is 14.2. The molecule has 0 aromatic heterocycles. The zero-order chi connectivity index (χ0) is 18.7. The molecular weight excluding hydrogens is 368 g/mol. The molecule has 3 rings (SSSR count). The number of hydrogen-bond acceptors (Lipinski definition) is 7. The molecule has 0 spiro atoms. The fraction of sp³-hybridized carbons (Fsp3) is 0.733. The van der Waals surface area contributed by atoms with Gasteiger partial charge in [-0.15, -0.1) is 11.8 Å². The first-order valence-corrected chi connectivity index (χ1v) is 10.9. The minimum atomic E-state index is -3.27. The molecule has 3 aliphatic rings. The Bertz CT molecular complexity index is 747. The molecule has 10 heteroatoms. The van der Waals surface area contributed by atoms with E-state index in [1.165, 1.54) is 29.8 Å². The molecule has 140 valence electrons. The Morgan fingerprint density at radius 2 is 2.04 bits per heavy atom. The first-order valence-electron chi connectivity index (χ1n) is 8.10. The number of sulfone groups is 1. The maximum atomic E-state index is 12.3. The Kier molecular flexibility index (Phi) is 4.68. The van der Waals surface area contributed by atoms with Crippen LogP contribution in [0.15, 0.2) is 10.6 Å². The summed E-state index contributed by atoms with van der Waals surface area (Å²) in [5.41, 5.74) is -0.0662. The lowest BCUT2D eigenvalue weighted by atomic mass is 9.79. The van der Waals surface area contributed by atoms with E-state index in [-0.39, 0.29) is 28.8 Å². The van der Waals surface area contributed by atoms with E-state index < -0.39 is 33.1 Å². The van der Waals surface area contributed by atoms with Gasteiger partial charge >= 0.3 is 5.97 Å². The van der Waals surface area contributed by atoms with Gasteiger partial charge in [-0.1, -0.05) is 6.92 Å². The maximum absolute atomic E-state index is 12.3. The number of nitrogens with one attached hydrogen (secondary N) is 1. The van der Waals surface area contributed by atoms with Crippen molar-refractivity contribution in [1.82, 2.24) is 10.2 Å². The van der Waals surface area contributed by atoms with Crippen molar-refractivity contribution in [3.8, 4) is 0 Å². The van der Waals surface area contributed by atoms with Crippen LogP contribution in [-0.4, -0.2) is 77.4 Å². The SMILES string of the molecule is CC(O)C1C(=O)N2C(C(=O)O)=C(SC3CNCC3S(C)(=O)=O)C(C)[C@H]12. The number of carbonyl (C=O) groups is 2. The van der Waals surface area contributed by atoms with Gasteiger partial charge in [-0.05, 0) is 6.92 Å². The number of carboxylic acids is 1. The molecule has 2 saturated heterocycles.